The van der Waals surface area contributed by atoms with Gasteiger partial charge in [0.1, 0.15) is 6.04 Å². The maximum absolute atomic E-state index is 14.0. The molecule has 1 unspecified atom stereocenters. The lowest BCUT2D eigenvalue weighted by Gasteiger charge is -2.31. The summed E-state index contributed by atoms with van der Waals surface area (Å²) < 4.78 is 10.6. The predicted molar refractivity (Wildman–Crippen MR) is 148 cm³/mol. The minimum atomic E-state index is -0.997. The van der Waals surface area contributed by atoms with Crippen molar-refractivity contribution in [2.75, 3.05) is 40.4 Å². The molecule has 206 valence electrons. The van der Waals surface area contributed by atoms with E-state index in [-0.39, 0.29) is 24.8 Å². The Morgan fingerprint density at radius 1 is 0.750 bits per heavy atom. The van der Waals surface area contributed by atoms with E-state index in [9.17, 15) is 19.2 Å². The Balaban J connectivity index is 1.36. The van der Waals surface area contributed by atoms with E-state index >= 15 is 0 Å². The first-order chi connectivity index (χ1) is 19.4. The SMILES string of the molecule is COc1ccc(C(=O)N2CCCN(C(=O)C(Cc3ccccc3)N3C(=O)c4ccccc4C3=O)CC2)cc1OC. The van der Waals surface area contributed by atoms with Crippen molar-refractivity contribution < 1.29 is 28.7 Å². The first-order valence-corrected chi connectivity index (χ1v) is 13.2. The lowest BCUT2D eigenvalue weighted by molar-refractivity contribution is -0.135. The smallest absolute Gasteiger partial charge is 0.262 e. The lowest BCUT2D eigenvalue weighted by Crippen LogP contribution is -2.52. The number of benzene rings is 3. The molecule has 0 radical (unpaired) electrons. The summed E-state index contributed by atoms with van der Waals surface area (Å²) in [6.07, 6.45) is 0.765. The summed E-state index contributed by atoms with van der Waals surface area (Å²) in [5.41, 5.74) is 1.92. The topological polar surface area (TPSA) is 96.5 Å². The van der Waals surface area contributed by atoms with Gasteiger partial charge in [-0.15, -0.1) is 0 Å². The highest BCUT2D eigenvalue weighted by atomic mass is 16.5. The van der Waals surface area contributed by atoms with Crippen molar-refractivity contribution in [1.82, 2.24) is 14.7 Å². The quantitative estimate of drug-likeness (QED) is 0.426. The average molecular weight is 542 g/mol. The van der Waals surface area contributed by atoms with Crippen molar-refractivity contribution >= 4 is 23.6 Å². The summed E-state index contributed by atoms with van der Waals surface area (Å²) in [7, 11) is 3.05. The number of hydrogen-bond acceptors (Lipinski definition) is 6. The van der Waals surface area contributed by atoms with E-state index in [1.165, 1.54) is 14.2 Å². The van der Waals surface area contributed by atoms with Gasteiger partial charge < -0.3 is 19.3 Å². The minimum Gasteiger partial charge on any atom is -0.493 e. The van der Waals surface area contributed by atoms with Gasteiger partial charge >= 0.3 is 0 Å². The summed E-state index contributed by atoms with van der Waals surface area (Å²) in [5.74, 6) is -0.408. The molecular formula is C31H31N3O6. The van der Waals surface area contributed by atoms with Crippen LogP contribution in [-0.4, -0.2) is 84.8 Å². The zero-order valence-electron chi connectivity index (χ0n) is 22.5. The standard InChI is InChI=1S/C31H31N3O6/c1-39-26-14-13-22(20-27(26)40-2)28(35)32-15-8-16-33(18-17-32)31(38)25(19-21-9-4-3-5-10-21)34-29(36)23-11-6-7-12-24(23)30(34)37/h3-7,9-14,20,25H,8,15-19H2,1-2H3. The number of carbonyl (C=O) groups is 4. The van der Waals surface area contributed by atoms with Gasteiger partial charge in [-0.1, -0.05) is 42.5 Å². The van der Waals surface area contributed by atoms with E-state index in [0.29, 0.717) is 54.2 Å². The molecule has 0 spiro atoms. The Hall–Kier alpha value is -4.66. The number of ether oxygens (including phenoxy) is 2. The molecule has 1 saturated heterocycles. The van der Waals surface area contributed by atoms with Crippen molar-refractivity contribution in [2.24, 2.45) is 0 Å². The molecule has 5 rings (SSSR count). The summed E-state index contributed by atoms with van der Waals surface area (Å²) in [6.45, 7) is 1.47. The third-order valence-corrected chi connectivity index (χ3v) is 7.42. The zero-order valence-corrected chi connectivity index (χ0v) is 22.5. The van der Waals surface area contributed by atoms with Crippen molar-refractivity contribution in [3.05, 3.63) is 95.1 Å². The molecule has 0 aromatic heterocycles. The van der Waals surface area contributed by atoms with Crippen molar-refractivity contribution in [3.63, 3.8) is 0 Å². The Morgan fingerprint density at radius 3 is 2.00 bits per heavy atom. The van der Waals surface area contributed by atoms with Gasteiger partial charge in [0.15, 0.2) is 11.5 Å². The van der Waals surface area contributed by atoms with E-state index in [2.05, 4.69) is 0 Å². The molecule has 1 atom stereocenters. The van der Waals surface area contributed by atoms with Crippen LogP contribution in [0, 0.1) is 0 Å². The van der Waals surface area contributed by atoms with Crippen LogP contribution in [0.25, 0.3) is 0 Å². The van der Waals surface area contributed by atoms with Crippen LogP contribution < -0.4 is 9.47 Å². The molecule has 2 aliphatic heterocycles. The summed E-state index contributed by atoms with van der Waals surface area (Å²) >= 11 is 0. The van der Waals surface area contributed by atoms with E-state index < -0.39 is 17.9 Å². The van der Waals surface area contributed by atoms with Gasteiger partial charge in [-0.3, -0.25) is 24.1 Å². The average Bonchev–Trinajstić information content (AvgIpc) is 3.14. The highest BCUT2D eigenvalue weighted by molar-refractivity contribution is 6.22. The third kappa shape index (κ3) is 5.14. The van der Waals surface area contributed by atoms with Gasteiger partial charge in [-0.25, -0.2) is 0 Å². The molecule has 4 amide bonds. The maximum Gasteiger partial charge on any atom is 0.262 e. The van der Waals surface area contributed by atoms with Crippen LogP contribution in [-0.2, 0) is 11.2 Å². The third-order valence-electron chi connectivity index (χ3n) is 7.42. The summed E-state index contributed by atoms with van der Waals surface area (Å²) in [4.78, 5) is 58.5. The fourth-order valence-corrected chi connectivity index (χ4v) is 5.32. The molecule has 1 fully saturated rings. The van der Waals surface area contributed by atoms with Crippen LogP contribution in [0.4, 0.5) is 0 Å². The normalized spacial score (nSPS) is 15.9. The number of rotatable bonds is 7. The van der Waals surface area contributed by atoms with E-state index in [4.69, 9.17) is 9.47 Å². The highest BCUT2D eigenvalue weighted by Gasteiger charge is 2.44. The predicted octanol–water partition coefficient (Wildman–Crippen LogP) is 3.29. The van der Waals surface area contributed by atoms with Gasteiger partial charge in [-0.2, -0.15) is 0 Å². The number of nitrogens with zero attached hydrogens (tertiary/aromatic N) is 3. The van der Waals surface area contributed by atoms with Crippen LogP contribution in [0.1, 0.15) is 43.1 Å². The van der Waals surface area contributed by atoms with Crippen LogP contribution in [0.3, 0.4) is 0 Å². The van der Waals surface area contributed by atoms with E-state index in [1.807, 2.05) is 30.3 Å². The Bertz CT molecular complexity index is 1400. The van der Waals surface area contributed by atoms with Gasteiger partial charge in [0.2, 0.25) is 5.91 Å². The number of fused-ring (bicyclic) bond motifs is 1. The van der Waals surface area contributed by atoms with Crippen LogP contribution in [0.5, 0.6) is 11.5 Å². The Morgan fingerprint density at radius 2 is 1.35 bits per heavy atom. The van der Waals surface area contributed by atoms with E-state index in [1.54, 1.807) is 52.3 Å². The molecular weight excluding hydrogens is 510 g/mol. The molecule has 40 heavy (non-hydrogen) atoms. The highest BCUT2D eigenvalue weighted by Crippen LogP contribution is 2.29. The molecule has 9 nitrogen and oxygen atoms in total. The van der Waals surface area contributed by atoms with Gasteiger partial charge in [0, 0.05) is 38.2 Å². The van der Waals surface area contributed by atoms with E-state index in [0.717, 1.165) is 10.5 Å². The number of hydrogen-bond donors (Lipinski definition) is 0. The van der Waals surface area contributed by atoms with Crippen molar-refractivity contribution in [2.45, 2.75) is 18.9 Å². The molecule has 2 aliphatic rings. The first kappa shape index (κ1) is 26.9. The fraction of sp³-hybridized carbons (Fsp3) is 0.290. The Kier molecular flexibility index (Phi) is 7.82. The second-order valence-electron chi connectivity index (χ2n) is 9.77. The number of imide groups is 1. The number of carbonyl (C=O) groups excluding carboxylic acids is 4. The largest absolute Gasteiger partial charge is 0.493 e. The summed E-state index contributed by atoms with van der Waals surface area (Å²) in [5, 5.41) is 0. The first-order valence-electron chi connectivity index (χ1n) is 13.2. The molecule has 2 heterocycles. The molecule has 0 bridgehead atoms. The number of amides is 4. The molecule has 0 N–H and O–H groups in total. The molecule has 0 saturated carbocycles. The molecule has 3 aromatic rings. The second kappa shape index (κ2) is 11.6. The van der Waals surface area contributed by atoms with Gasteiger partial charge in [0.05, 0.1) is 25.3 Å². The zero-order chi connectivity index (χ0) is 28.2. The van der Waals surface area contributed by atoms with Crippen molar-refractivity contribution in [1.29, 1.82) is 0 Å². The van der Waals surface area contributed by atoms with Crippen LogP contribution in [0.2, 0.25) is 0 Å². The lowest BCUT2D eigenvalue weighted by atomic mass is 10.0. The van der Waals surface area contributed by atoms with Crippen LogP contribution >= 0.6 is 0 Å². The fourth-order valence-electron chi connectivity index (χ4n) is 5.32. The minimum absolute atomic E-state index is 0.170. The molecule has 0 aliphatic carbocycles. The maximum atomic E-state index is 14.0. The Labute approximate surface area is 232 Å². The second-order valence-corrected chi connectivity index (χ2v) is 9.77. The molecule has 3 aromatic carbocycles. The monoisotopic (exact) mass is 541 g/mol. The number of methoxy groups -OCH3 is 2. The van der Waals surface area contributed by atoms with Crippen LogP contribution in [0.15, 0.2) is 72.8 Å². The molecule has 9 heteroatoms. The van der Waals surface area contributed by atoms with Crippen molar-refractivity contribution in [3.8, 4) is 11.5 Å². The van der Waals surface area contributed by atoms with Gasteiger partial charge in [0.25, 0.3) is 17.7 Å². The van der Waals surface area contributed by atoms with Gasteiger partial charge in [-0.05, 0) is 42.3 Å². The summed E-state index contributed by atoms with van der Waals surface area (Å²) in [6, 6.07) is 20.0.